The number of phosphoric acid groups is 1. The van der Waals surface area contributed by atoms with Gasteiger partial charge in [0, 0.05) is 20.3 Å². The van der Waals surface area contributed by atoms with Gasteiger partial charge in [0.2, 0.25) is 5.75 Å². The van der Waals surface area contributed by atoms with Gasteiger partial charge in [0.1, 0.15) is 7.05 Å². The summed E-state index contributed by atoms with van der Waals surface area (Å²) in [6.45, 7) is 0. The largest absolute Gasteiger partial charge is 0.529 e. The molecule has 0 N–H and O–H groups in total. The van der Waals surface area contributed by atoms with Crippen LogP contribution in [-0.2, 0) is 20.7 Å². The van der Waals surface area contributed by atoms with E-state index in [0.29, 0.717) is 5.75 Å². The standard InChI is InChI=1S/C12H15NO4P/c1-13-9-5-7-10-6-4-8-11(12(10)13)17-18(14,15-2)16-3/h4-9H,1-3H3/q+1. The van der Waals surface area contributed by atoms with Crippen molar-refractivity contribution in [3.8, 4) is 5.75 Å². The zero-order valence-electron chi connectivity index (χ0n) is 10.5. The molecule has 0 spiro atoms. The van der Waals surface area contributed by atoms with Crippen molar-refractivity contribution in [2.24, 2.45) is 7.05 Å². The van der Waals surface area contributed by atoms with Crippen LogP contribution in [0.3, 0.4) is 0 Å². The molecule has 0 aliphatic rings. The molecule has 0 saturated carbocycles. The lowest BCUT2D eigenvalue weighted by atomic mass is 10.2. The predicted octanol–water partition coefficient (Wildman–Crippen LogP) is 2.44. The van der Waals surface area contributed by atoms with Gasteiger partial charge < -0.3 is 4.52 Å². The zero-order chi connectivity index (χ0) is 13.2. The lowest BCUT2D eigenvalue weighted by molar-refractivity contribution is -0.645. The Bertz CT molecular complexity index is 601. The van der Waals surface area contributed by atoms with Gasteiger partial charge in [0.25, 0.3) is 5.52 Å². The van der Waals surface area contributed by atoms with Gasteiger partial charge in [0.05, 0.1) is 5.39 Å². The number of benzene rings is 1. The molecule has 2 aromatic rings. The van der Waals surface area contributed by atoms with E-state index >= 15 is 0 Å². The van der Waals surface area contributed by atoms with E-state index < -0.39 is 7.82 Å². The molecule has 96 valence electrons. The molecule has 5 nitrogen and oxygen atoms in total. The third-order valence-corrected chi connectivity index (χ3v) is 3.94. The SMILES string of the molecule is COP(=O)(OC)Oc1cccc2ccc[n+](C)c12. The second-order valence-electron chi connectivity index (χ2n) is 3.72. The summed E-state index contributed by atoms with van der Waals surface area (Å²) >= 11 is 0. The molecule has 18 heavy (non-hydrogen) atoms. The van der Waals surface area contributed by atoms with Crippen molar-refractivity contribution >= 4 is 18.7 Å². The van der Waals surface area contributed by atoms with E-state index in [1.165, 1.54) is 14.2 Å². The van der Waals surface area contributed by atoms with Gasteiger partial charge in [0.15, 0.2) is 6.20 Å². The number of nitrogens with zero attached hydrogens (tertiary/aromatic N) is 1. The number of fused-ring (bicyclic) bond motifs is 1. The highest BCUT2D eigenvalue weighted by atomic mass is 31.2. The number of phosphoric ester groups is 1. The number of rotatable bonds is 4. The van der Waals surface area contributed by atoms with Crippen LogP contribution in [0.1, 0.15) is 0 Å². The van der Waals surface area contributed by atoms with E-state index in [0.717, 1.165) is 10.9 Å². The Morgan fingerprint density at radius 3 is 2.44 bits per heavy atom. The zero-order valence-corrected chi connectivity index (χ0v) is 11.4. The summed E-state index contributed by atoms with van der Waals surface area (Å²) in [7, 11) is 0.922. The van der Waals surface area contributed by atoms with Crippen molar-refractivity contribution in [3.63, 3.8) is 0 Å². The summed E-state index contributed by atoms with van der Waals surface area (Å²) in [5, 5.41) is 0.983. The molecule has 1 aromatic heterocycles. The summed E-state index contributed by atoms with van der Waals surface area (Å²) in [5.74, 6) is 0.461. The van der Waals surface area contributed by atoms with Crippen molar-refractivity contribution in [2.75, 3.05) is 14.2 Å². The average Bonchev–Trinajstić information content (AvgIpc) is 2.39. The minimum atomic E-state index is -3.54. The summed E-state index contributed by atoms with van der Waals surface area (Å²) in [6, 6.07) is 9.39. The second kappa shape index (κ2) is 5.06. The molecule has 2 rings (SSSR count). The molecule has 0 amide bonds. The topological polar surface area (TPSA) is 48.6 Å². The van der Waals surface area contributed by atoms with E-state index in [4.69, 9.17) is 13.6 Å². The van der Waals surface area contributed by atoms with Crippen molar-refractivity contribution in [1.82, 2.24) is 0 Å². The highest BCUT2D eigenvalue weighted by Crippen LogP contribution is 2.48. The van der Waals surface area contributed by atoms with E-state index in [1.54, 1.807) is 6.07 Å². The van der Waals surface area contributed by atoms with Gasteiger partial charge in [-0.3, -0.25) is 9.05 Å². The van der Waals surface area contributed by atoms with Crippen molar-refractivity contribution < 1.29 is 22.7 Å². The number of aromatic nitrogens is 1. The van der Waals surface area contributed by atoms with Crippen LogP contribution < -0.4 is 9.09 Å². The monoisotopic (exact) mass is 268 g/mol. The van der Waals surface area contributed by atoms with Gasteiger partial charge in [-0.1, -0.05) is 6.07 Å². The van der Waals surface area contributed by atoms with E-state index in [2.05, 4.69) is 0 Å². The molecular formula is C12H15NO4P+. The Morgan fingerprint density at radius 2 is 1.78 bits per heavy atom. The Hall–Kier alpha value is -1.42. The summed E-state index contributed by atoms with van der Waals surface area (Å²) < 4.78 is 28.8. The van der Waals surface area contributed by atoms with Crippen molar-refractivity contribution in [1.29, 1.82) is 0 Å². The molecule has 0 fully saturated rings. The Morgan fingerprint density at radius 1 is 1.11 bits per heavy atom. The molecule has 6 heteroatoms. The quantitative estimate of drug-likeness (QED) is 0.631. The summed E-state index contributed by atoms with van der Waals surface area (Å²) in [4.78, 5) is 0. The van der Waals surface area contributed by atoms with E-state index in [9.17, 15) is 4.57 Å². The molecule has 0 aliphatic heterocycles. The molecule has 1 aromatic carbocycles. The van der Waals surface area contributed by atoms with E-state index in [-0.39, 0.29) is 0 Å². The van der Waals surface area contributed by atoms with Crippen LogP contribution in [0, 0.1) is 0 Å². The first kappa shape index (κ1) is 13.0. The van der Waals surface area contributed by atoms with Crippen LogP contribution in [0.2, 0.25) is 0 Å². The Labute approximate surface area is 106 Å². The van der Waals surface area contributed by atoms with Crippen LogP contribution in [0.4, 0.5) is 0 Å². The minimum Gasteiger partial charge on any atom is -0.397 e. The van der Waals surface area contributed by atoms with Crippen LogP contribution in [0.25, 0.3) is 10.9 Å². The molecule has 0 atom stereocenters. The molecular weight excluding hydrogens is 253 g/mol. The van der Waals surface area contributed by atoms with Crippen LogP contribution in [0.15, 0.2) is 36.5 Å². The van der Waals surface area contributed by atoms with Gasteiger partial charge in [-0.15, -0.1) is 0 Å². The van der Waals surface area contributed by atoms with Gasteiger partial charge in [-0.2, -0.15) is 4.57 Å². The maximum Gasteiger partial charge on any atom is 0.529 e. The highest BCUT2D eigenvalue weighted by Gasteiger charge is 2.27. The fourth-order valence-corrected chi connectivity index (χ4v) is 2.43. The number of hydrogen-bond donors (Lipinski definition) is 0. The fourth-order valence-electron chi connectivity index (χ4n) is 1.74. The third-order valence-electron chi connectivity index (χ3n) is 2.63. The number of pyridine rings is 1. The van der Waals surface area contributed by atoms with Gasteiger partial charge in [-0.25, -0.2) is 4.57 Å². The Kier molecular flexibility index (Phi) is 3.66. The van der Waals surface area contributed by atoms with Crippen LogP contribution in [-0.4, -0.2) is 14.2 Å². The van der Waals surface area contributed by atoms with Gasteiger partial charge >= 0.3 is 7.82 Å². The minimum absolute atomic E-state index is 0.461. The lowest BCUT2D eigenvalue weighted by Crippen LogP contribution is -2.28. The maximum absolute atomic E-state index is 12.0. The second-order valence-corrected chi connectivity index (χ2v) is 5.52. The third kappa shape index (κ3) is 2.38. The normalized spacial score (nSPS) is 11.7. The lowest BCUT2D eigenvalue weighted by Gasteiger charge is -2.14. The van der Waals surface area contributed by atoms with E-state index in [1.807, 2.05) is 42.1 Å². The smallest absolute Gasteiger partial charge is 0.397 e. The number of para-hydroxylation sites is 1. The Balaban J connectivity index is 2.55. The molecule has 0 unspecified atom stereocenters. The highest BCUT2D eigenvalue weighted by molar-refractivity contribution is 7.48. The first-order valence-corrected chi connectivity index (χ1v) is 6.84. The molecule has 0 saturated heterocycles. The first-order chi connectivity index (χ1) is 8.59. The first-order valence-electron chi connectivity index (χ1n) is 5.38. The summed E-state index contributed by atoms with van der Waals surface area (Å²) in [6.07, 6.45) is 1.89. The molecule has 1 heterocycles. The number of aryl methyl sites for hydroxylation is 1. The average molecular weight is 268 g/mol. The van der Waals surface area contributed by atoms with Crippen LogP contribution in [0.5, 0.6) is 5.75 Å². The molecule has 0 radical (unpaired) electrons. The number of hydrogen-bond acceptors (Lipinski definition) is 4. The van der Waals surface area contributed by atoms with Crippen LogP contribution >= 0.6 is 7.82 Å². The van der Waals surface area contributed by atoms with Gasteiger partial charge in [-0.05, 0) is 18.2 Å². The van der Waals surface area contributed by atoms with Crippen molar-refractivity contribution in [2.45, 2.75) is 0 Å². The molecule has 0 aliphatic carbocycles. The fraction of sp³-hybridized carbons (Fsp3) is 0.250. The predicted molar refractivity (Wildman–Crippen MR) is 67.4 cm³/mol. The summed E-state index contributed by atoms with van der Waals surface area (Å²) in [5.41, 5.74) is 0.828. The molecule has 0 bridgehead atoms. The van der Waals surface area contributed by atoms with Crippen molar-refractivity contribution in [3.05, 3.63) is 36.5 Å². The maximum atomic E-state index is 12.0.